The lowest BCUT2D eigenvalue weighted by atomic mass is 9.95. The molecule has 0 saturated carbocycles. The van der Waals surface area contributed by atoms with E-state index in [1.807, 2.05) is 6.07 Å². The molecule has 3 rings (SSSR count). The molecule has 1 aliphatic heterocycles. The van der Waals surface area contributed by atoms with Crippen LogP contribution in [0.3, 0.4) is 0 Å². The highest BCUT2D eigenvalue weighted by atomic mass is 16.2. The molecule has 0 unspecified atom stereocenters. The van der Waals surface area contributed by atoms with Crippen LogP contribution < -0.4 is 10.6 Å². The quantitative estimate of drug-likeness (QED) is 0.911. The number of rotatable bonds is 2. The minimum Gasteiger partial charge on any atom is -0.366 e. The van der Waals surface area contributed by atoms with Gasteiger partial charge < -0.3 is 10.6 Å². The van der Waals surface area contributed by atoms with Crippen molar-refractivity contribution >= 4 is 17.5 Å². The van der Waals surface area contributed by atoms with E-state index in [9.17, 15) is 9.59 Å². The maximum Gasteiger partial charge on any atom is 0.276 e. The first-order valence-electron chi connectivity index (χ1n) is 6.83. The Morgan fingerprint density at radius 2 is 2.00 bits per heavy atom. The molecule has 0 fully saturated rings. The number of nitrogens with two attached hydrogens (primary N) is 1. The van der Waals surface area contributed by atoms with Gasteiger partial charge in [0.1, 0.15) is 5.69 Å². The Morgan fingerprint density at radius 1 is 1.14 bits per heavy atom. The normalized spacial score (nSPS) is 13.6. The Balaban J connectivity index is 2.04. The van der Waals surface area contributed by atoms with Gasteiger partial charge in [-0.25, -0.2) is 0 Å². The number of hydrogen-bond donors (Lipinski definition) is 1. The van der Waals surface area contributed by atoms with E-state index in [4.69, 9.17) is 5.73 Å². The number of aromatic nitrogens is 1. The summed E-state index contributed by atoms with van der Waals surface area (Å²) >= 11 is 0. The fourth-order valence-electron chi connectivity index (χ4n) is 2.69. The van der Waals surface area contributed by atoms with E-state index >= 15 is 0 Å². The molecular weight excluding hydrogens is 266 g/mol. The summed E-state index contributed by atoms with van der Waals surface area (Å²) < 4.78 is 0. The monoisotopic (exact) mass is 281 g/mol. The molecule has 0 spiro atoms. The van der Waals surface area contributed by atoms with Crippen LogP contribution in [0.1, 0.15) is 32.8 Å². The second-order valence-electron chi connectivity index (χ2n) is 4.94. The summed E-state index contributed by atoms with van der Waals surface area (Å²) in [5, 5.41) is 0. The second-order valence-corrected chi connectivity index (χ2v) is 4.94. The second kappa shape index (κ2) is 5.36. The van der Waals surface area contributed by atoms with Crippen LogP contribution in [0.15, 0.2) is 42.6 Å². The van der Waals surface area contributed by atoms with Gasteiger partial charge in [-0.05, 0) is 42.7 Å². The van der Waals surface area contributed by atoms with Crippen molar-refractivity contribution in [1.82, 2.24) is 4.98 Å². The highest BCUT2D eigenvalue weighted by Gasteiger charge is 2.26. The van der Waals surface area contributed by atoms with E-state index in [2.05, 4.69) is 4.98 Å². The summed E-state index contributed by atoms with van der Waals surface area (Å²) in [7, 11) is 0. The molecule has 0 aliphatic carbocycles. The number of hydrogen-bond acceptors (Lipinski definition) is 3. The molecule has 2 aromatic rings. The molecule has 0 radical (unpaired) electrons. The molecule has 2 N–H and O–H groups in total. The smallest absolute Gasteiger partial charge is 0.276 e. The predicted octanol–water partition coefficient (Wildman–Crippen LogP) is 1.77. The van der Waals surface area contributed by atoms with Crippen LogP contribution in [0, 0.1) is 0 Å². The molecule has 5 heteroatoms. The summed E-state index contributed by atoms with van der Waals surface area (Å²) in [6.07, 6.45) is 3.15. The number of carbonyl (C=O) groups is 2. The summed E-state index contributed by atoms with van der Waals surface area (Å²) in [6.45, 7) is 0.616. The predicted molar refractivity (Wildman–Crippen MR) is 79.2 cm³/mol. The summed E-state index contributed by atoms with van der Waals surface area (Å²) in [5.74, 6) is -0.614. The largest absolute Gasteiger partial charge is 0.366 e. The molecule has 2 heterocycles. The van der Waals surface area contributed by atoms with E-state index in [1.54, 1.807) is 41.4 Å². The molecule has 0 atom stereocenters. The first-order chi connectivity index (χ1) is 10.2. The van der Waals surface area contributed by atoms with Crippen molar-refractivity contribution < 1.29 is 9.59 Å². The van der Waals surface area contributed by atoms with Crippen molar-refractivity contribution in [2.45, 2.75) is 12.8 Å². The molecule has 21 heavy (non-hydrogen) atoms. The lowest BCUT2D eigenvalue weighted by Gasteiger charge is -2.30. The van der Waals surface area contributed by atoms with Gasteiger partial charge in [-0.15, -0.1) is 0 Å². The first-order valence-corrected chi connectivity index (χ1v) is 6.83. The molecule has 1 aliphatic rings. The molecule has 5 nitrogen and oxygen atoms in total. The fraction of sp³-hybridized carbons (Fsp3) is 0.188. The Hall–Kier alpha value is -2.69. The third kappa shape index (κ3) is 2.38. The van der Waals surface area contributed by atoms with Gasteiger partial charge in [0.15, 0.2) is 0 Å². The highest BCUT2D eigenvalue weighted by molar-refractivity contribution is 6.06. The topological polar surface area (TPSA) is 76.3 Å². The Kier molecular flexibility index (Phi) is 3.39. The molecule has 0 saturated heterocycles. The average Bonchev–Trinajstić information content (AvgIpc) is 2.53. The molecule has 106 valence electrons. The number of primary amides is 1. The van der Waals surface area contributed by atoms with Gasteiger partial charge >= 0.3 is 0 Å². The van der Waals surface area contributed by atoms with Crippen LogP contribution in [0.4, 0.5) is 5.69 Å². The average molecular weight is 281 g/mol. The third-order valence-corrected chi connectivity index (χ3v) is 3.65. The number of nitrogens with zero attached hydrogens (tertiary/aromatic N) is 2. The molecule has 1 aromatic carbocycles. The van der Waals surface area contributed by atoms with Gasteiger partial charge in [0, 0.05) is 24.0 Å². The van der Waals surface area contributed by atoms with Crippen molar-refractivity contribution in [3.8, 4) is 0 Å². The van der Waals surface area contributed by atoms with E-state index in [-0.39, 0.29) is 5.91 Å². The van der Waals surface area contributed by atoms with E-state index < -0.39 is 5.91 Å². The van der Waals surface area contributed by atoms with Gasteiger partial charge in [0.05, 0.1) is 0 Å². The number of amides is 2. The zero-order chi connectivity index (χ0) is 14.8. The third-order valence-electron chi connectivity index (χ3n) is 3.65. The first kappa shape index (κ1) is 13.3. The minimum atomic E-state index is -0.459. The molecular formula is C16H15N3O2. The molecule has 1 aromatic heterocycles. The minimum absolute atomic E-state index is 0.154. The fourth-order valence-corrected chi connectivity index (χ4v) is 2.69. The van der Waals surface area contributed by atoms with Crippen LogP contribution in [-0.4, -0.2) is 23.3 Å². The summed E-state index contributed by atoms with van der Waals surface area (Å²) in [4.78, 5) is 29.9. The van der Waals surface area contributed by atoms with Crippen LogP contribution in [0.25, 0.3) is 0 Å². The van der Waals surface area contributed by atoms with Crippen molar-refractivity contribution in [3.05, 3.63) is 59.4 Å². The molecule has 0 bridgehead atoms. The van der Waals surface area contributed by atoms with Crippen LogP contribution in [-0.2, 0) is 6.42 Å². The zero-order valence-corrected chi connectivity index (χ0v) is 11.5. The van der Waals surface area contributed by atoms with Crippen LogP contribution in [0.2, 0.25) is 0 Å². The number of anilines is 1. The zero-order valence-electron chi connectivity index (χ0n) is 11.5. The maximum atomic E-state index is 12.6. The van der Waals surface area contributed by atoms with Crippen molar-refractivity contribution in [2.24, 2.45) is 5.73 Å². The van der Waals surface area contributed by atoms with Gasteiger partial charge in [0.25, 0.3) is 5.91 Å². The lowest BCUT2D eigenvalue weighted by molar-refractivity contribution is 0.0973. The summed E-state index contributed by atoms with van der Waals surface area (Å²) in [6, 6.07) is 10.5. The highest BCUT2D eigenvalue weighted by Crippen LogP contribution is 2.30. The van der Waals surface area contributed by atoms with Gasteiger partial charge in [-0.3, -0.25) is 14.6 Å². The van der Waals surface area contributed by atoms with Gasteiger partial charge in [-0.2, -0.15) is 0 Å². The Labute approximate surface area is 122 Å². The maximum absolute atomic E-state index is 12.6. The van der Waals surface area contributed by atoms with Gasteiger partial charge in [0.2, 0.25) is 5.91 Å². The standard InChI is InChI=1S/C16H15N3O2/c17-15(20)12-5-3-8-14-11(12)6-4-10-19(14)16(21)13-7-1-2-9-18-13/h1-3,5,7-9H,4,6,10H2,(H2,17,20). The number of pyridine rings is 1. The van der Waals surface area contributed by atoms with E-state index in [0.29, 0.717) is 17.8 Å². The Morgan fingerprint density at radius 3 is 2.71 bits per heavy atom. The van der Waals surface area contributed by atoms with E-state index in [1.165, 1.54) is 0 Å². The van der Waals surface area contributed by atoms with Crippen molar-refractivity contribution in [2.75, 3.05) is 11.4 Å². The SMILES string of the molecule is NC(=O)c1cccc2c1CCCN2C(=O)c1ccccn1. The van der Waals surface area contributed by atoms with Crippen LogP contribution in [0.5, 0.6) is 0 Å². The van der Waals surface area contributed by atoms with Crippen LogP contribution >= 0.6 is 0 Å². The Bertz CT molecular complexity index is 698. The van der Waals surface area contributed by atoms with Crippen molar-refractivity contribution in [1.29, 1.82) is 0 Å². The number of benzene rings is 1. The number of fused-ring (bicyclic) bond motifs is 1. The van der Waals surface area contributed by atoms with Crippen molar-refractivity contribution in [3.63, 3.8) is 0 Å². The van der Waals surface area contributed by atoms with E-state index in [0.717, 1.165) is 24.1 Å². The lowest BCUT2D eigenvalue weighted by Crippen LogP contribution is -2.36. The van der Waals surface area contributed by atoms with Gasteiger partial charge in [-0.1, -0.05) is 12.1 Å². The number of carbonyl (C=O) groups excluding carboxylic acids is 2. The summed E-state index contributed by atoms with van der Waals surface area (Å²) in [5.41, 5.74) is 7.91. The molecule has 2 amide bonds.